The molecule has 0 spiro atoms. The smallest absolute Gasteiger partial charge is 0.323 e. The number of halogens is 1. The minimum absolute atomic E-state index is 0. The number of hydrogen-bond acceptors (Lipinski definition) is 4. The number of carbonyl (C=O) groups is 2. The van der Waals surface area contributed by atoms with Crippen LogP contribution in [0.15, 0.2) is 0 Å². The number of carbonyl (C=O) groups excluding carboxylic acids is 1. The van der Waals surface area contributed by atoms with Crippen LogP contribution in [0, 0.1) is 0 Å². The van der Waals surface area contributed by atoms with E-state index in [1.165, 1.54) is 0 Å². The van der Waals surface area contributed by atoms with E-state index in [0.717, 1.165) is 0 Å². The van der Waals surface area contributed by atoms with Crippen molar-refractivity contribution in [2.75, 3.05) is 6.61 Å². The molecule has 5 nitrogen and oxygen atoms in total. The highest BCUT2D eigenvalue weighted by atomic mass is 35.5. The van der Waals surface area contributed by atoms with Crippen molar-refractivity contribution in [2.45, 2.75) is 19.4 Å². The van der Waals surface area contributed by atoms with Crippen molar-refractivity contribution >= 4 is 24.3 Å². The monoisotopic (exact) mass is 197 g/mol. The summed E-state index contributed by atoms with van der Waals surface area (Å²) in [7, 11) is 0. The molecule has 1 atom stereocenters. The Hall–Kier alpha value is -0.810. The average molecular weight is 198 g/mol. The van der Waals surface area contributed by atoms with Crippen LogP contribution in [0.2, 0.25) is 0 Å². The predicted molar refractivity (Wildman–Crippen MR) is 44.1 cm³/mol. The molecule has 0 aromatic carbocycles. The first-order valence-electron chi connectivity index (χ1n) is 3.22. The maximum absolute atomic E-state index is 10.7. The normalized spacial score (nSPS) is 11.2. The fraction of sp³-hybridized carbons (Fsp3) is 0.667. The average Bonchev–Trinajstić information content (AvgIpc) is 1.86. The predicted octanol–water partition coefficient (Wildman–Crippen LogP) is -0.227. The van der Waals surface area contributed by atoms with Crippen LogP contribution in [0.5, 0.6) is 0 Å². The molecule has 0 amide bonds. The van der Waals surface area contributed by atoms with Crippen molar-refractivity contribution in [3.05, 3.63) is 0 Å². The maximum Gasteiger partial charge on any atom is 0.323 e. The zero-order valence-corrected chi connectivity index (χ0v) is 7.47. The standard InChI is InChI=1S/C6H11NO4.ClH/c1-2-11-6(10)4(7)3-5(8)9;/h4H,2-3,7H2,1H3,(H,8,9);1H. The van der Waals surface area contributed by atoms with Gasteiger partial charge < -0.3 is 15.6 Å². The summed E-state index contributed by atoms with van der Waals surface area (Å²) in [6.45, 7) is 1.84. The number of aliphatic carboxylic acids is 1. The second-order valence-electron chi connectivity index (χ2n) is 1.96. The molecule has 0 aliphatic rings. The molecule has 0 saturated heterocycles. The van der Waals surface area contributed by atoms with Crippen LogP contribution >= 0.6 is 12.4 Å². The summed E-state index contributed by atoms with van der Waals surface area (Å²) in [5.74, 6) is -1.78. The molecule has 6 heteroatoms. The Kier molecular flexibility index (Phi) is 7.88. The van der Waals surface area contributed by atoms with E-state index in [9.17, 15) is 9.59 Å². The Balaban J connectivity index is 0. The highest BCUT2D eigenvalue weighted by Crippen LogP contribution is 1.91. The lowest BCUT2D eigenvalue weighted by molar-refractivity contribution is -0.149. The van der Waals surface area contributed by atoms with E-state index in [0.29, 0.717) is 0 Å². The topological polar surface area (TPSA) is 89.6 Å². The summed E-state index contributed by atoms with van der Waals surface area (Å²) in [5.41, 5.74) is 5.15. The number of carboxylic acid groups (broad SMARTS) is 1. The Labute approximate surface area is 76.3 Å². The van der Waals surface area contributed by atoms with E-state index >= 15 is 0 Å². The number of ether oxygens (including phenoxy) is 1. The van der Waals surface area contributed by atoms with Crippen LogP contribution in [0.3, 0.4) is 0 Å². The molecular weight excluding hydrogens is 186 g/mol. The molecular formula is C6H12ClNO4. The molecule has 1 unspecified atom stereocenters. The van der Waals surface area contributed by atoms with Gasteiger partial charge in [0.2, 0.25) is 0 Å². The molecule has 0 aliphatic heterocycles. The lowest BCUT2D eigenvalue weighted by Gasteiger charge is -2.06. The minimum Gasteiger partial charge on any atom is -0.481 e. The second kappa shape index (κ2) is 6.87. The van der Waals surface area contributed by atoms with Gasteiger partial charge in [0.25, 0.3) is 0 Å². The third kappa shape index (κ3) is 5.94. The third-order valence-corrected chi connectivity index (χ3v) is 0.984. The van der Waals surface area contributed by atoms with Gasteiger partial charge in [-0.15, -0.1) is 12.4 Å². The van der Waals surface area contributed by atoms with Crippen molar-refractivity contribution in [2.24, 2.45) is 5.73 Å². The lowest BCUT2D eigenvalue weighted by Crippen LogP contribution is -2.34. The van der Waals surface area contributed by atoms with Crippen LogP contribution in [-0.4, -0.2) is 29.7 Å². The zero-order valence-electron chi connectivity index (χ0n) is 6.65. The van der Waals surface area contributed by atoms with Crippen molar-refractivity contribution in [3.63, 3.8) is 0 Å². The first kappa shape index (κ1) is 13.8. The van der Waals surface area contributed by atoms with Crippen molar-refractivity contribution in [3.8, 4) is 0 Å². The Morgan fingerprint density at radius 2 is 2.08 bits per heavy atom. The first-order chi connectivity index (χ1) is 5.07. The van der Waals surface area contributed by atoms with Crippen LogP contribution in [0.1, 0.15) is 13.3 Å². The summed E-state index contributed by atoms with van der Waals surface area (Å²) < 4.78 is 4.48. The van der Waals surface area contributed by atoms with Gasteiger partial charge in [-0.25, -0.2) is 0 Å². The summed E-state index contributed by atoms with van der Waals surface area (Å²) in [6.07, 6.45) is -0.390. The molecule has 0 fully saturated rings. The summed E-state index contributed by atoms with van der Waals surface area (Å²) >= 11 is 0. The quantitative estimate of drug-likeness (QED) is 0.608. The number of carboxylic acids is 1. The second-order valence-corrected chi connectivity index (χ2v) is 1.96. The fourth-order valence-corrected chi connectivity index (χ4v) is 0.521. The van der Waals surface area contributed by atoms with E-state index in [-0.39, 0.29) is 19.0 Å². The van der Waals surface area contributed by atoms with Gasteiger partial charge in [0.15, 0.2) is 0 Å². The van der Waals surface area contributed by atoms with Crippen LogP contribution in [0.25, 0.3) is 0 Å². The lowest BCUT2D eigenvalue weighted by atomic mass is 10.2. The highest BCUT2D eigenvalue weighted by Gasteiger charge is 2.17. The largest absolute Gasteiger partial charge is 0.481 e. The van der Waals surface area contributed by atoms with Gasteiger partial charge in [-0.05, 0) is 6.92 Å². The van der Waals surface area contributed by atoms with Gasteiger partial charge in [-0.1, -0.05) is 0 Å². The molecule has 0 aliphatic carbocycles. The van der Waals surface area contributed by atoms with Gasteiger partial charge >= 0.3 is 11.9 Å². The summed E-state index contributed by atoms with van der Waals surface area (Å²) in [6, 6.07) is -1.05. The highest BCUT2D eigenvalue weighted by molar-refractivity contribution is 5.85. The SMILES string of the molecule is CCOC(=O)C(N)CC(=O)O.Cl. The van der Waals surface area contributed by atoms with E-state index < -0.39 is 24.4 Å². The molecule has 72 valence electrons. The molecule has 0 aromatic heterocycles. The van der Waals surface area contributed by atoms with E-state index in [4.69, 9.17) is 10.8 Å². The maximum atomic E-state index is 10.7. The van der Waals surface area contributed by atoms with Crippen LogP contribution in [0.4, 0.5) is 0 Å². The molecule has 0 aromatic rings. The van der Waals surface area contributed by atoms with Crippen molar-refractivity contribution < 1.29 is 19.4 Å². The van der Waals surface area contributed by atoms with Gasteiger partial charge in [0.05, 0.1) is 13.0 Å². The number of hydrogen-bond donors (Lipinski definition) is 2. The van der Waals surface area contributed by atoms with Gasteiger partial charge in [0.1, 0.15) is 6.04 Å². The molecule has 0 rings (SSSR count). The van der Waals surface area contributed by atoms with Gasteiger partial charge in [-0.3, -0.25) is 9.59 Å². The molecule has 0 heterocycles. The number of nitrogens with two attached hydrogens (primary N) is 1. The molecule has 0 radical (unpaired) electrons. The fourth-order valence-electron chi connectivity index (χ4n) is 0.521. The third-order valence-electron chi connectivity index (χ3n) is 0.984. The Bertz CT molecular complexity index is 162. The zero-order chi connectivity index (χ0) is 8.85. The summed E-state index contributed by atoms with van der Waals surface area (Å²) in [4.78, 5) is 20.7. The Morgan fingerprint density at radius 1 is 1.58 bits per heavy atom. The van der Waals surface area contributed by atoms with Gasteiger partial charge in [0, 0.05) is 0 Å². The van der Waals surface area contributed by atoms with Crippen LogP contribution in [-0.2, 0) is 14.3 Å². The van der Waals surface area contributed by atoms with Gasteiger partial charge in [-0.2, -0.15) is 0 Å². The number of rotatable bonds is 4. The minimum atomic E-state index is -1.11. The van der Waals surface area contributed by atoms with Crippen molar-refractivity contribution in [1.82, 2.24) is 0 Å². The van der Waals surface area contributed by atoms with E-state index in [2.05, 4.69) is 4.74 Å². The molecule has 0 bridgehead atoms. The van der Waals surface area contributed by atoms with E-state index in [1.807, 2.05) is 0 Å². The number of esters is 1. The van der Waals surface area contributed by atoms with Crippen LogP contribution < -0.4 is 5.73 Å². The van der Waals surface area contributed by atoms with Crippen molar-refractivity contribution in [1.29, 1.82) is 0 Å². The molecule has 12 heavy (non-hydrogen) atoms. The molecule has 0 saturated carbocycles. The summed E-state index contributed by atoms with van der Waals surface area (Å²) in [5, 5.41) is 8.21. The Morgan fingerprint density at radius 3 is 2.42 bits per heavy atom. The van der Waals surface area contributed by atoms with E-state index in [1.54, 1.807) is 6.92 Å². The molecule has 3 N–H and O–H groups in total. The first-order valence-corrected chi connectivity index (χ1v) is 3.22.